The molecule has 13 heteroatoms. The fraction of sp³-hybridized carbons (Fsp3) is 0.318. The van der Waals surface area contributed by atoms with Gasteiger partial charge in [-0.3, -0.25) is 9.89 Å². The van der Waals surface area contributed by atoms with Crippen LogP contribution in [0.25, 0.3) is 10.9 Å². The van der Waals surface area contributed by atoms with Gasteiger partial charge in [0.25, 0.3) is 5.91 Å². The maximum absolute atomic E-state index is 13.4. The number of rotatable bonds is 6. The second-order valence-electron chi connectivity index (χ2n) is 8.43. The Bertz CT molecular complexity index is 1540. The molecular weight excluding hydrogens is 480 g/mol. The lowest BCUT2D eigenvalue weighted by atomic mass is 10.1. The number of fused-ring (bicyclic) bond motifs is 2. The van der Waals surface area contributed by atoms with Crippen molar-refractivity contribution in [1.29, 1.82) is 0 Å². The summed E-state index contributed by atoms with van der Waals surface area (Å²) in [7, 11) is -2.22. The number of benzene rings is 1. The maximum atomic E-state index is 13.4. The molecular formula is C22H23F2N7O3S. The van der Waals surface area contributed by atoms with Crippen LogP contribution in [-0.4, -0.2) is 49.7 Å². The van der Waals surface area contributed by atoms with Crippen molar-refractivity contribution in [3.8, 4) is 0 Å². The van der Waals surface area contributed by atoms with Crippen LogP contribution < -0.4 is 5.32 Å². The number of carbonyl (C=O) groups excluding carboxylic acids is 1. The molecule has 0 unspecified atom stereocenters. The van der Waals surface area contributed by atoms with Crippen LogP contribution in [0.3, 0.4) is 0 Å². The maximum Gasteiger partial charge on any atom is 0.333 e. The van der Waals surface area contributed by atoms with Crippen LogP contribution in [0.5, 0.6) is 0 Å². The monoisotopic (exact) mass is 503 g/mol. The average molecular weight is 504 g/mol. The van der Waals surface area contributed by atoms with Crippen LogP contribution in [-0.2, 0) is 36.6 Å². The van der Waals surface area contributed by atoms with Gasteiger partial charge in [0.05, 0.1) is 11.7 Å². The number of alkyl halides is 2. The SMILES string of the molecule is Cc1c(S(=O)(=O)N2CCc3[nH]ncc3C2)cc(C(=O)NCc2cccc3cn(C(F)F)nc23)n1C. The van der Waals surface area contributed by atoms with E-state index in [1.54, 1.807) is 38.4 Å². The van der Waals surface area contributed by atoms with Crippen molar-refractivity contribution in [3.63, 3.8) is 0 Å². The van der Waals surface area contributed by atoms with E-state index in [-0.39, 0.29) is 23.7 Å². The van der Waals surface area contributed by atoms with Crippen molar-refractivity contribution in [1.82, 2.24) is 34.2 Å². The van der Waals surface area contributed by atoms with E-state index in [1.807, 2.05) is 0 Å². The fourth-order valence-electron chi connectivity index (χ4n) is 4.32. The fourth-order valence-corrected chi connectivity index (χ4v) is 6.01. The minimum atomic E-state index is -3.84. The molecule has 0 atom stereocenters. The summed E-state index contributed by atoms with van der Waals surface area (Å²) in [6.45, 7) is -0.564. The number of nitrogens with zero attached hydrogens (tertiary/aromatic N) is 5. The quantitative estimate of drug-likeness (QED) is 0.419. The summed E-state index contributed by atoms with van der Waals surface area (Å²) in [6, 6.07) is 6.43. The van der Waals surface area contributed by atoms with Crippen LogP contribution in [0.1, 0.15) is 39.6 Å². The number of sulfonamides is 1. The molecule has 0 saturated heterocycles. The smallest absolute Gasteiger partial charge is 0.333 e. The zero-order valence-electron chi connectivity index (χ0n) is 19.0. The van der Waals surface area contributed by atoms with E-state index in [1.165, 1.54) is 21.1 Å². The highest BCUT2D eigenvalue weighted by Crippen LogP contribution is 2.28. The number of hydrogen-bond acceptors (Lipinski definition) is 5. The van der Waals surface area contributed by atoms with Gasteiger partial charge < -0.3 is 9.88 Å². The first-order valence-corrected chi connectivity index (χ1v) is 12.3. The number of aromatic nitrogens is 5. The van der Waals surface area contributed by atoms with E-state index in [2.05, 4.69) is 20.6 Å². The molecule has 0 saturated carbocycles. The first kappa shape index (κ1) is 23.2. The minimum Gasteiger partial charge on any atom is -0.347 e. The van der Waals surface area contributed by atoms with E-state index in [0.717, 1.165) is 11.3 Å². The molecule has 5 rings (SSSR count). The third kappa shape index (κ3) is 4.00. The van der Waals surface area contributed by atoms with Crippen LogP contribution >= 0.6 is 0 Å². The van der Waals surface area contributed by atoms with Crippen molar-refractivity contribution in [2.24, 2.45) is 7.05 Å². The molecule has 4 heterocycles. The Balaban J connectivity index is 1.37. The summed E-state index contributed by atoms with van der Waals surface area (Å²) in [5.41, 5.74) is 3.30. The predicted octanol–water partition coefficient (Wildman–Crippen LogP) is 2.48. The summed E-state index contributed by atoms with van der Waals surface area (Å²) in [4.78, 5) is 13.1. The van der Waals surface area contributed by atoms with Gasteiger partial charge in [-0.05, 0) is 18.6 Å². The van der Waals surface area contributed by atoms with E-state index in [4.69, 9.17) is 0 Å². The summed E-state index contributed by atoms with van der Waals surface area (Å²) < 4.78 is 56.3. The molecule has 0 bridgehead atoms. The summed E-state index contributed by atoms with van der Waals surface area (Å²) in [6.07, 6.45) is 3.40. The van der Waals surface area contributed by atoms with Gasteiger partial charge in [-0.2, -0.15) is 23.3 Å². The second-order valence-corrected chi connectivity index (χ2v) is 10.3. The number of amides is 1. The van der Waals surface area contributed by atoms with Gasteiger partial charge in [-0.15, -0.1) is 0 Å². The molecule has 0 aliphatic carbocycles. The van der Waals surface area contributed by atoms with Crippen LogP contribution in [0.2, 0.25) is 0 Å². The summed E-state index contributed by atoms with van der Waals surface area (Å²) >= 11 is 0. The Labute approximate surface area is 199 Å². The lowest BCUT2D eigenvalue weighted by molar-refractivity contribution is 0.0573. The molecule has 1 aliphatic heterocycles. The zero-order valence-corrected chi connectivity index (χ0v) is 19.8. The molecule has 1 amide bonds. The number of carbonyl (C=O) groups is 1. The minimum absolute atomic E-state index is 0.0398. The topological polar surface area (TPSA) is 118 Å². The molecule has 0 fully saturated rings. The van der Waals surface area contributed by atoms with Gasteiger partial charge in [0.1, 0.15) is 10.6 Å². The Morgan fingerprint density at radius 2 is 2.11 bits per heavy atom. The lowest BCUT2D eigenvalue weighted by Gasteiger charge is -2.25. The normalized spacial score (nSPS) is 14.5. The number of halogens is 2. The van der Waals surface area contributed by atoms with Crippen molar-refractivity contribution in [3.05, 3.63) is 64.9 Å². The molecule has 10 nitrogen and oxygen atoms in total. The van der Waals surface area contributed by atoms with Gasteiger partial charge >= 0.3 is 6.55 Å². The molecule has 1 aromatic carbocycles. The van der Waals surface area contributed by atoms with Crippen LogP contribution in [0, 0.1) is 6.92 Å². The van der Waals surface area contributed by atoms with Gasteiger partial charge in [0.15, 0.2) is 0 Å². The van der Waals surface area contributed by atoms with E-state index in [0.29, 0.717) is 39.8 Å². The second kappa shape index (κ2) is 8.57. The first-order valence-electron chi connectivity index (χ1n) is 10.9. The third-order valence-corrected chi connectivity index (χ3v) is 8.34. The zero-order chi connectivity index (χ0) is 24.9. The molecule has 35 heavy (non-hydrogen) atoms. The van der Waals surface area contributed by atoms with Crippen molar-refractivity contribution < 1.29 is 22.0 Å². The number of H-pyrrole nitrogens is 1. The predicted molar refractivity (Wildman–Crippen MR) is 122 cm³/mol. The summed E-state index contributed by atoms with van der Waals surface area (Å²) in [5, 5.41) is 14.1. The Morgan fingerprint density at radius 1 is 1.31 bits per heavy atom. The van der Waals surface area contributed by atoms with E-state index in [9.17, 15) is 22.0 Å². The molecule has 2 N–H and O–H groups in total. The number of nitrogens with one attached hydrogen (secondary N) is 2. The van der Waals surface area contributed by atoms with E-state index < -0.39 is 22.5 Å². The largest absolute Gasteiger partial charge is 0.347 e. The molecule has 184 valence electrons. The number of aromatic amines is 1. The average Bonchev–Trinajstić information content (AvgIpc) is 3.55. The van der Waals surface area contributed by atoms with Gasteiger partial charge in [-0.1, -0.05) is 18.2 Å². The third-order valence-electron chi connectivity index (χ3n) is 6.38. The summed E-state index contributed by atoms with van der Waals surface area (Å²) in [5.74, 6) is -0.488. The van der Waals surface area contributed by atoms with E-state index >= 15 is 0 Å². The first-order chi connectivity index (χ1) is 16.7. The molecule has 4 aromatic rings. The Morgan fingerprint density at radius 3 is 2.89 bits per heavy atom. The highest BCUT2D eigenvalue weighted by Gasteiger charge is 2.33. The standard InChI is InChI=1S/C22H23F2N7O3S/c1-13-19(35(33,34)30-7-6-17-16(11-30)10-26-27-17)8-18(29(13)2)21(32)25-9-14-4-3-5-15-12-31(22(23)24)28-20(14)15/h3-5,8,10,12,22H,6-7,9,11H2,1-2H3,(H,25,32)(H,26,27). The van der Waals surface area contributed by atoms with Gasteiger partial charge in [-0.25, -0.2) is 13.1 Å². The van der Waals surface area contributed by atoms with Crippen molar-refractivity contribution in [2.75, 3.05) is 6.54 Å². The van der Waals surface area contributed by atoms with Crippen molar-refractivity contribution >= 4 is 26.8 Å². The molecule has 1 aliphatic rings. The van der Waals surface area contributed by atoms with Gasteiger partial charge in [0, 0.05) is 61.6 Å². The number of hydrogen-bond donors (Lipinski definition) is 2. The van der Waals surface area contributed by atoms with Gasteiger partial charge in [0.2, 0.25) is 10.0 Å². The molecule has 0 spiro atoms. The highest BCUT2D eigenvalue weighted by atomic mass is 32.2. The lowest BCUT2D eigenvalue weighted by Crippen LogP contribution is -2.35. The molecule has 3 aromatic heterocycles. The highest BCUT2D eigenvalue weighted by molar-refractivity contribution is 7.89. The Kier molecular flexibility index (Phi) is 5.68. The van der Waals surface area contributed by atoms with Crippen LogP contribution in [0.15, 0.2) is 41.6 Å². The Hall–Kier alpha value is -3.58. The van der Waals surface area contributed by atoms with Crippen molar-refractivity contribution in [2.45, 2.75) is 37.9 Å². The molecule has 0 radical (unpaired) electrons. The van der Waals surface area contributed by atoms with Crippen LogP contribution in [0.4, 0.5) is 8.78 Å².